The van der Waals surface area contributed by atoms with Crippen molar-refractivity contribution in [2.45, 2.75) is 38.3 Å². The van der Waals surface area contributed by atoms with Crippen molar-refractivity contribution in [2.24, 2.45) is 0 Å². The predicted molar refractivity (Wildman–Crippen MR) is 72.0 cm³/mol. The molecule has 17 heavy (non-hydrogen) atoms. The van der Waals surface area contributed by atoms with E-state index in [-0.39, 0.29) is 0 Å². The van der Waals surface area contributed by atoms with E-state index in [1.165, 1.54) is 18.4 Å². The van der Waals surface area contributed by atoms with E-state index in [9.17, 15) is 0 Å². The van der Waals surface area contributed by atoms with Crippen molar-refractivity contribution in [2.75, 3.05) is 12.4 Å². The number of ether oxygens (including phenoxy) is 1. The highest BCUT2D eigenvalue weighted by Gasteiger charge is 2.28. The fourth-order valence-electron chi connectivity index (χ4n) is 2.39. The maximum Gasteiger partial charge on any atom is 0.122 e. The third-order valence-electron chi connectivity index (χ3n) is 3.33. The Morgan fingerprint density at radius 2 is 2.18 bits per heavy atom. The fraction of sp³-hybridized carbons (Fsp3) is 0.571. The van der Waals surface area contributed by atoms with Crippen LogP contribution in [0.2, 0.25) is 0 Å². The largest absolute Gasteiger partial charge is 0.489 e. The van der Waals surface area contributed by atoms with E-state index < -0.39 is 0 Å². The molecule has 94 valence electrons. The van der Waals surface area contributed by atoms with Gasteiger partial charge >= 0.3 is 0 Å². The zero-order chi connectivity index (χ0) is 12.1. The van der Waals surface area contributed by atoms with Gasteiger partial charge in [-0.2, -0.15) is 0 Å². The third kappa shape index (κ3) is 3.36. The molecular formula is C14H20ClNO. The Morgan fingerprint density at radius 1 is 1.35 bits per heavy atom. The Bertz CT molecular complexity index is 356. The van der Waals surface area contributed by atoms with Crippen molar-refractivity contribution in [3.63, 3.8) is 0 Å². The first-order chi connectivity index (χ1) is 8.31. The summed E-state index contributed by atoms with van der Waals surface area (Å²) in [6, 6.07) is 8.66. The first kappa shape index (κ1) is 12.7. The molecule has 1 saturated carbocycles. The SMILES string of the molecule is Cc1ccccc1O[C@H]1CCC[C@@H]1NCCCl. The molecule has 0 aromatic heterocycles. The molecule has 0 unspecified atom stereocenters. The van der Waals surface area contributed by atoms with Gasteiger partial charge in [-0.15, -0.1) is 11.6 Å². The van der Waals surface area contributed by atoms with Gasteiger partial charge in [0.05, 0.1) is 0 Å². The molecule has 1 aliphatic carbocycles. The highest BCUT2D eigenvalue weighted by molar-refractivity contribution is 6.18. The summed E-state index contributed by atoms with van der Waals surface area (Å²) in [6.07, 6.45) is 3.84. The molecule has 1 aromatic carbocycles. The van der Waals surface area contributed by atoms with Crippen LogP contribution in [0, 0.1) is 6.92 Å². The minimum absolute atomic E-state index is 0.291. The van der Waals surface area contributed by atoms with Crippen LogP contribution in [0.1, 0.15) is 24.8 Å². The van der Waals surface area contributed by atoms with Crippen molar-refractivity contribution in [1.82, 2.24) is 5.32 Å². The van der Waals surface area contributed by atoms with Crippen LogP contribution < -0.4 is 10.1 Å². The molecule has 1 N–H and O–H groups in total. The van der Waals surface area contributed by atoms with E-state index >= 15 is 0 Å². The van der Waals surface area contributed by atoms with Gasteiger partial charge in [0.2, 0.25) is 0 Å². The van der Waals surface area contributed by atoms with Gasteiger partial charge in [-0.05, 0) is 37.8 Å². The number of halogens is 1. The molecule has 0 bridgehead atoms. The van der Waals surface area contributed by atoms with Crippen LogP contribution in [-0.2, 0) is 0 Å². The van der Waals surface area contributed by atoms with E-state index in [1.54, 1.807) is 0 Å². The lowest BCUT2D eigenvalue weighted by atomic mass is 10.2. The third-order valence-corrected chi connectivity index (χ3v) is 3.51. The minimum atomic E-state index is 0.291. The molecule has 2 rings (SSSR count). The zero-order valence-electron chi connectivity index (χ0n) is 10.3. The molecule has 3 heteroatoms. The first-order valence-corrected chi connectivity index (χ1v) is 6.86. The number of rotatable bonds is 5. The van der Waals surface area contributed by atoms with Gasteiger partial charge in [0, 0.05) is 18.5 Å². The van der Waals surface area contributed by atoms with E-state index in [4.69, 9.17) is 16.3 Å². The lowest BCUT2D eigenvalue weighted by Crippen LogP contribution is -2.39. The van der Waals surface area contributed by atoms with Crippen LogP contribution >= 0.6 is 11.6 Å². The molecule has 0 amide bonds. The van der Waals surface area contributed by atoms with Crippen molar-refractivity contribution in [3.8, 4) is 5.75 Å². The molecule has 0 radical (unpaired) electrons. The van der Waals surface area contributed by atoms with Gasteiger partial charge in [0.15, 0.2) is 0 Å². The number of nitrogens with one attached hydrogen (secondary N) is 1. The second-order valence-electron chi connectivity index (χ2n) is 4.60. The molecule has 0 heterocycles. The molecule has 0 saturated heterocycles. The van der Waals surface area contributed by atoms with E-state index in [0.717, 1.165) is 18.7 Å². The predicted octanol–water partition coefficient (Wildman–Crippen LogP) is 3.12. The number of hydrogen-bond acceptors (Lipinski definition) is 2. The molecule has 1 aromatic rings. The monoisotopic (exact) mass is 253 g/mol. The second-order valence-corrected chi connectivity index (χ2v) is 4.98. The van der Waals surface area contributed by atoms with Gasteiger partial charge in [-0.3, -0.25) is 0 Å². The molecule has 1 aliphatic rings. The number of benzene rings is 1. The van der Waals surface area contributed by atoms with Crippen molar-refractivity contribution < 1.29 is 4.74 Å². The van der Waals surface area contributed by atoms with E-state index in [1.807, 2.05) is 18.2 Å². The summed E-state index contributed by atoms with van der Waals surface area (Å²) in [5.74, 6) is 1.67. The van der Waals surface area contributed by atoms with E-state index in [0.29, 0.717) is 18.0 Å². The Labute approximate surface area is 108 Å². The van der Waals surface area contributed by atoms with Crippen LogP contribution in [0.5, 0.6) is 5.75 Å². The highest BCUT2D eigenvalue weighted by Crippen LogP contribution is 2.26. The summed E-state index contributed by atoms with van der Waals surface area (Å²) < 4.78 is 6.11. The maximum absolute atomic E-state index is 6.11. The average molecular weight is 254 g/mol. The number of alkyl halides is 1. The molecule has 1 fully saturated rings. The average Bonchev–Trinajstić information content (AvgIpc) is 2.77. The zero-order valence-corrected chi connectivity index (χ0v) is 11.0. The van der Waals surface area contributed by atoms with Crippen LogP contribution in [0.15, 0.2) is 24.3 Å². The van der Waals surface area contributed by atoms with Crippen molar-refractivity contribution in [3.05, 3.63) is 29.8 Å². The minimum Gasteiger partial charge on any atom is -0.489 e. The van der Waals surface area contributed by atoms with Crippen LogP contribution in [0.25, 0.3) is 0 Å². The molecule has 2 atom stereocenters. The topological polar surface area (TPSA) is 21.3 Å². The number of para-hydroxylation sites is 1. The van der Waals surface area contributed by atoms with Gasteiger partial charge in [-0.25, -0.2) is 0 Å². The van der Waals surface area contributed by atoms with Crippen LogP contribution in [0.3, 0.4) is 0 Å². The van der Waals surface area contributed by atoms with Gasteiger partial charge in [-0.1, -0.05) is 18.2 Å². The van der Waals surface area contributed by atoms with E-state index in [2.05, 4.69) is 18.3 Å². The van der Waals surface area contributed by atoms with Crippen LogP contribution in [-0.4, -0.2) is 24.6 Å². The summed E-state index contributed by atoms with van der Waals surface area (Å²) in [5, 5.41) is 3.46. The summed E-state index contributed by atoms with van der Waals surface area (Å²) in [5.41, 5.74) is 1.20. The first-order valence-electron chi connectivity index (χ1n) is 6.33. The van der Waals surface area contributed by atoms with Crippen LogP contribution in [0.4, 0.5) is 0 Å². The van der Waals surface area contributed by atoms with Crippen molar-refractivity contribution >= 4 is 11.6 Å². The summed E-state index contributed by atoms with van der Waals surface area (Å²) in [6.45, 7) is 2.95. The Kier molecular flexibility index (Phi) is 4.69. The van der Waals surface area contributed by atoms with Gasteiger partial charge in [0.25, 0.3) is 0 Å². The Balaban J connectivity index is 1.95. The number of aryl methyl sites for hydroxylation is 1. The second kappa shape index (κ2) is 6.27. The van der Waals surface area contributed by atoms with Gasteiger partial charge in [0.1, 0.15) is 11.9 Å². The maximum atomic E-state index is 6.11. The Hall–Kier alpha value is -0.730. The number of hydrogen-bond donors (Lipinski definition) is 1. The summed E-state index contributed by atoms with van der Waals surface area (Å²) in [4.78, 5) is 0. The summed E-state index contributed by atoms with van der Waals surface area (Å²) in [7, 11) is 0. The highest BCUT2D eigenvalue weighted by atomic mass is 35.5. The fourth-order valence-corrected chi connectivity index (χ4v) is 2.50. The lowest BCUT2D eigenvalue weighted by Gasteiger charge is -2.23. The molecule has 2 nitrogen and oxygen atoms in total. The quantitative estimate of drug-likeness (QED) is 0.815. The molecule has 0 spiro atoms. The normalized spacial score (nSPS) is 23.9. The smallest absolute Gasteiger partial charge is 0.122 e. The van der Waals surface area contributed by atoms with Crippen molar-refractivity contribution in [1.29, 1.82) is 0 Å². The lowest BCUT2D eigenvalue weighted by molar-refractivity contribution is 0.175. The van der Waals surface area contributed by atoms with Gasteiger partial charge < -0.3 is 10.1 Å². The Morgan fingerprint density at radius 3 is 2.94 bits per heavy atom. The molecular weight excluding hydrogens is 234 g/mol. The standard InChI is InChI=1S/C14H20ClNO/c1-11-5-2-3-7-13(11)17-14-8-4-6-12(14)16-10-9-15/h2-3,5,7,12,14,16H,4,6,8-10H2,1H3/t12-,14-/m0/s1. The summed E-state index contributed by atoms with van der Waals surface area (Å²) >= 11 is 5.71. The molecule has 0 aliphatic heterocycles.